The van der Waals surface area contributed by atoms with Gasteiger partial charge in [0.25, 0.3) is 0 Å². The van der Waals surface area contributed by atoms with E-state index in [4.69, 9.17) is 9.47 Å². The molecule has 0 aliphatic carbocycles. The molecule has 0 saturated carbocycles. The molecule has 2 aromatic carbocycles. The molecule has 0 aromatic heterocycles. The number of para-hydroxylation sites is 2. The van der Waals surface area contributed by atoms with Crippen molar-refractivity contribution in [3.8, 4) is 11.5 Å². The summed E-state index contributed by atoms with van der Waals surface area (Å²) in [6.07, 6.45) is 1.77. The van der Waals surface area contributed by atoms with Crippen LogP contribution in [0.4, 0.5) is 5.69 Å². The van der Waals surface area contributed by atoms with Gasteiger partial charge in [-0.15, -0.1) is 0 Å². The van der Waals surface area contributed by atoms with E-state index in [9.17, 15) is 18.0 Å². The molecule has 9 nitrogen and oxygen atoms in total. The van der Waals surface area contributed by atoms with Crippen LogP contribution in [-0.2, 0) is 26.2 Å². The van der Waals surface area contributed by atoms with E-state index in [1.165, 1.54) is 4.90 Å². The third-order valence-electron chi connectivity index (χ3n) is 5.79. The summed E-state index contributed by atoms with van der Waals surface area (Å²) in [7, 11) is -2.29. The summed E-state index contributed by atoms with van der Waals surface area (Å²) in [5.74, 6) is 0.179. The number of nitrogens with one attached hydrogen (secondary N) is 1. The number of hydrogen-bond acceptors (Lipinski definition) is 6. The third kappa shape index (κ3) is 7.87. The first kappa shape index (κ1) is 29.0. The van der Waals surface area contributed by atoms with Crippen LogP contribution in [-0.4, -0.2) is 63.7 Å². The Kier molecular flexibility index (Phi) is 10.6. The molecule has 0 bridgehead atoms. The molecule has 2 aromatic rings. The molecule has 0 aliphatic rings. The van der Waals surface area contributed by atoms with Crippen molar-refractivity contribution in [3.63, 3.8) is 0 Å². The summed E-state index contributed by atoms with van der Waals surface area (Å²) in [4.78, 5) is 28.0. The van der Waals surface area contributed by atoms with Gasteiger partial charge in [-0.1, -0.05) is 31.2 Å². The van der Waals surface area contributed by atoms with Crippen molar-refractivity contribution in [3.05, 3.63) is 54.1 Å². The van der Waals surface area contributed by atoms with Gasteiger partial charge in [-0.3, -0.25) is 13.9 Å². The second kappa shape index (κ2) is 13.2. The number of carbonyl (C=O) groups excluding carboxylic acids is 2. The Morgan fingerprint density at radius 3 is 2.22 bits per heavy atom. The van der Waals surface area contributed by atoms with Crippen LogP contribution in [0.1, 0.15) is 39.7 Å². The smallest absolute Gasteiger partial charge is 0.244 e. The molecule has 2 amide bonds. The maximum atomic E-state index is 13.6. The van der Waals surface area contributed by atoms with E-state index in [0.717, 1.165) is 22.5 Å². The first-order chi connectivity index (χ1) is 17.0. The van der Waals surface area contributed by atoms with E-state index in [-0.39, 0.29) is 24.2 Å². The fraction of sp³-hybridized carbons (Fsp3) is 0.462. The van der Waals surface area contributed by atoms with Gasteiger partial charge in [-0.25, -0.2) is 8.42 Å². The molecule has 0 heterocycles. The van der Waals surface area contributed by atoms with E-state index in [1.54, 1.807) is 69.5 Å². The van der Waals surface area contributed by atoms with Gasteiger partial charge in [0.15, 0.2) is 0 Å². The summed E-state index contributed by atoms with van der Waals surface area (Å²) in [5, 5.41) is 2.91. The Labute approximate surface area is 214 Å². The Balaban J connectivity index is 2.42. The molecular formula is C26H37N3O6S. The molecule has 2 atom stereocenters. The molecule has 0 fully saturated rings. The van der Waals surface area contributed by atoms with Crippen molar-refractivity contribution in [2.75, 3.05) is 30.8 Å². The van der Waals surface area contributed by atoms with Gasteiger partial charge in [0, 0.05) is 12.6 Å². The monoisotopic (exact) mass is 519 g/mol. The molecule has 2 rings (SSSR count). The highest BCUT2D eigenvalue weighted by molar-refractivity contribution is 7.92. The zero-order valence-corrected chi connectivity index (χ0v) is 22.7. The van der Waals surface area contributed by atoms with Crippen molar-refractivity contribution < 1.29 is 27.5 Å². The average Bonchev–Trinajstić information content (AvgIpc) is 2.85. The van der Waals surface area contributed by atoms with Crippen LogP contribution < -0.4 is 19.1 Å². The van der Waals surface area contributed by atoms with E-state index < -0.39 is 28.5 Å². The quantitative estimate of drug-likeness (QED) is 0.436. The minimum Gasteiger partial charge on any atom is -0.497 e. The van der Waals surface area contributed by atoms with Crippen LogP contribution in [0.15, 0.2) is 48.5 Å². The number of carbonyl (C=O) groups is 2. The minimum absolute atomic E-state index is 0.0662. The number of anilines is 1. The number of amides is 2. The van der Waals surface area contributed by atoms with E-state index in [2.05, 4.69) is 5.32 Å². The number of methoxy groups -OCH3 is 1. The lowest BCUT2D eigenvalue weighted by Crippen LogP contribution is -2.52. The van der Waals surface area contributed by atoms with Gasteiger partial charge in [0.2, 0.25) is 21.8 Å². The largest absolute Gasteiger partial charge is 0.497 e. The minimum atomic E-state index is -3.85. The van der Waals surface area contributed by atoms with Gasteiger partial charge in [-0.2, -0.15) is 0 Å². The summed E-state index contributed by atoms with van der Waals surface area (Å²) < 4.78 is 37.4. The Morgan fingerprint density at radius 2 is 1.67 bits per heavy atom. The first-order valence-corrected chi connectivity index (χ1v) is 13.8. The van der Waals surface area contributed by atoms with Crippen molar-refractivity contribution >= 4 is 27.5 Å². The van der Waals surface area contributed by atoms with Crippen molar-refractivity contribution in [2.24, 2.45) is 0 Å². The van der Waals surface area contributed by atoms with E-state index in [1.807, 2.05) is 13.8 Å². The second-order valence-electron chi connectivity index (χ2n) is 8.53. The fourth-order valence-electron chi connectivity index (χ4n) is 3.51. The molecular weight excluding hydrogens is 482 g/mol. The van der Waals surface area contributed by atoms with Crippen LogP contribution in [0.3, 0.4) is 0 Å². The van der Waals surface area contributed by atoms with Gasteiger partial charge < -0.3 is 19.7 Å². The number of benzene rings is 2. The van der Waals surface area contributed by atoms with Gasteiger partial charge in [-0.05, 0) is 57.0 Å². The zero-order valence-electron chi connectivity index (χ0n) is 21.9. The number of hydrogen-bond donors (Lipinski definition) is 1. The zero-order chi connectivity index (χ0) is 26.9. The molecule has 0 unspecified atom stereocenters. The molecule has 0 saturated heterocycles. The summed E-state index contributed by atoms with van der Waals surface area (Å²) >= 11 is 0. The maximum Gasteiger partial charge on any atom is 0.244 e. The summed E-state index contributed by atoms with van der Waals surface area (Å²) in [5.41, 5.74) is 1.03. The van der Waals surface area contributed by atoms with Gasteiger partial charge in [0.1, 0.15) is 24.1 Å². The Bertz CT molecular complexity index is 1120. The fourth-order valence-corrected chi connectivity index (χ4v) is 4.36. The van der Waals surface area contributed by atoms with Crippen LogP contribution in [0.25, 0.3) is 0 Å². The van der Waals surface area contributed by atoms with Crippen molar-refractivity contribution in [2.45, 2.75) is 52.7 Å². The van der Waals surface area contributed by atoms with Crippen LogP contribution in [0.2, 0.25) is 0 Å². The standard InChI is InChI=1S/C26H37N3O6S/c1-7-19(3)27-26(31)20(4)28(17-21-13-15-22(34-5)16-14-21)25(30)18-29(36(6,32)33)23-11-9-10-12-24(23)35-8-2/h9-16,19-20H,7-8,17-18H2,1-6H3,(H,27,31)/t19-,20-/m0/s1. The highest BCUT2D eigenvalue weighted by Crippen LogP contribution is 2.30. The first-order valence-electron chi connectivity index (χ1n) is 11.9. The number of sulfonamides is 1. The normalized spacial score (nSPS) is 12.8. The Hall–Kier alpha value is -3.27. The highest BCUT2D eigenvalue weighted by Gasteiger charge is 2.31. The predicted molar refractivity (Wildman–Crippen MR) is 141 cm³/mol. The van der Waals surface area contributed by atoms with Crippen LogP contribution in [0.5, 0.6) is 11.5 Å². The topological polar surface area (TPSA) is 105 Å². The second-order valence-corrected chi connectivity index (χ2v) is 10.4. The van der Waals surface area contributed by atoms with Crippen LogP contribution in [0, 0.1) is 0 Å². The predicted octanol–water partition coefficient (Wildman–Crippen LogP) is 3.19. The van der Waals surface area contributed by atoms with Crippen LogP contribution >= 0.6 is 0 Å². The third-order valence-corrected chi connectivity index (χ3v) is 6.92. The van der Waals surface area contributed by atoms with Gasteiger partial charge >= 0.3 is 0 Å². The Morgan fingerprint density at radius 1 is 1.03 bits per heavy atom. The molecule has 0 radical (unpaired) electrons. The number of rotatable bonds is 13. The summed E-state index contributed by atoms with van der Waals surface area (Å²) in [6.45, 7) is 7.23. The van der Waals surface area contributed by atoms with E-state index in [0.29, 0.717) is 18.1 Å². The van der Waals surface area contributed by atoms with Crippen molar-refractivity contribution in [1.29, 1.82) is 0 Å². The van der Waals surface area contributed by atoms with Crippen molar-refractivity contribution in [1.82, 2.24) is 10.2 Å². The average molecular weight is 520 g/mol. The highest BCUT2D eigenvalue weighted by atomic mass is 32.2. The lowest BCUT2D eigenvalue weighted by atomic mass is 10.1. The SMILES string of the molecule is CCOc1ccccc1N(CC(=O)N(Cc1ccc(OC)cc1)[C@@H](C)C(=O)N[C@@H](C)CC)S(C)(=O)=O. The molecule has 0 aliphatic heterocycles. The number of ether oxygens (including phenoxy) is 2. The number of nitrogens with zero attached hydrogens (tertiary/aromatic N) is 2. The maximum absolute atomic E-state index is 13.6. The molecule has 0 spiro atoms. The van der Waals surface area contributed by atoms with E-state index >= 15 is 0 Å². The molecule has 10 heteroatoms. The molecule has 198 valence electrons. The molecule has 1 N–H and O–H groups in total. The molecule has 36 heavy (non-hydrogen) atoms. The summed E-state index contributed by atoms with van der Waals surface area (Å²) in [6, 6.07) is 12.9. The van der Waals surface area contributed by atoms with Gasteiger partial charge in [0.05, 0.1) is 25.7 Å². The lowest BCUT2D eigenvalue weighted by molar-refractivity contribution is -0.139. The lowest BCUT2D eigenvalue weighted by Gasteiger charge is -2.32.